The predicted octanol–water partition coefficient (Wildman–Crippen LogP) is 2.73. The van der Waals surface area contributed by atoms with Crippen molar-refractivity contribution in [3.8, 4) is 0 Å². The highest BCUT2D eigenvalue weighted by Crippen LogP contribution is 2.21. The minimum absolute atomic E-state index is 0.0381. The highest BCUT2D eigenvalue weighted by Gasteiger charge is 2.20. The first kappa shape index (κ1) is 12.6. The van der Waals surface area contributed by atoms with Crippen LogP contribution in [0.1, 0.15) is 11.5 Å². The summed E-state index contributed by atoms with van der Waals surface area (Å²) >= 11 is 0. The van der Waals surface area contributed by atoms with Gasteiger partial charge in [0.25, 0.3) is 0 Å². The first-order chi connectivity index (χ1) is 9.72. The fraction of sp³-hybridized carbons (Fsp3) is 0.267. The molecule has 5 heteroatoms. The van der Waals surface area contributed by atoms with E-state index in [0.717, 1.165) is 22.9 Å². The van der Waals surface area contributed by atoms with Crippen molar-refractivity contribution in [2.75, 3.05) is 23.3 Å². The van der Waals surface area contributed by atoms with E-state index in [-0.39, 0.29) is 6.03 Å². The van der Waals surface area contributed by atoms with E-state index in [1.54, 1.807) is 4.90 Å². The summed E-state index contributed by atoms with van der Waals surface area (Å²) in [4.78, 5) is 13.4. The van der Waals surface area contributed by atoms with Crippen molar-refractivity contribution in [2.45, 2.75) is 13.5 Å². The highest BCUT2D eigenvalue weighted by molar-refractivity contribution is 5.94. The molecule has 20 heavy (non-hydrogen) atoms. The van der Waals surface area contributed by atoms with Gasteiger partial charge in [-0.05, 0) is 37.3 Å². The van der Waals surface area contributed by atoms with Gasteiger partial charge in [0.1, 0.15) is 11.5 Å². The Bertz CT molecular complexity index is 621. The van der Waals surface area contributed by atoms with Gasteiger partial charge in [0.15, 0.2) is 0 Å². The third-order valence-electron chi connectivity index (χ3n) is 3.28. The van der Waals surface area contributed by atoms with E-state index in [4.69, 9.17) is 4.42 Å². The molecule has 1 aliphatic rings. The van der Waals surface area contributed by atoms with Gasteiger partial charge in [0, 0.05) is 24.5 Å². The lowest BCUT2D eigenvalue weighted by Gasteiger charge is -2.15. The molecular weight excluding hydrogens is 254 g/mol. The second-order valence-electron chi connectivity index (χ2n) is 4.80. The summed E-state index contributed by atoms with van der Waals surface area (Å²) in [6.07, 6.45) is 0. The van der Waals surface area contributed by atoms with Crippen molar-refractivity contribution in [3.63, 3.8) is 0 Å². The quantitative estimate of drug-likeness (QED) is 0.899. The number of nitrogens with one attached hydrogen (secondary N) is 2. The number of rotatable bonds is 4. The summed E-state index contributed by atoms with van der Waals surface area (Å²) in [6, 6.07) is 11.7. The van der Waals surface area contributed by atoms with Crippen LogP contribution in [0.15, 0.2) is 40.8 Å². The summed E-state index contributed by atoms with van der Waals surface area (Å²) in [5.41, 5.74) is 1.87. The summed E-state index contributed by atoms with van der Waals surface area (Å²) in [6.45, 7) is 3.96. The van der Waals surface area contributed by atoms with Crippen LogP contribution in [-0.4, -0.2) is 19.1 Å². The van der Waals surface area contributed by atoms with Crippen LogP contribution in [0.3, 0.4) is 0 Å². The molecule has 2 N–H and O–H groups in total. The Kier molecular flexibility index (Phi) is 3.33. The molecule has 1 saturated heterocycles. The molecule has 3 rings (SSSR count). The van der Waals surface area contributed by atoms with E-state index in [9.17, 15) is 4.79 Å². The van der Waals surface area contributed by atoms with E-state index in [1.807, 2.05) is 43.3 Å². The van der Waals surface area contributed by atoms with Gasteiger partial charge in [-0.25, -0.2) is 4.79 Å². The lowest BCUT2D eigenvalue weighted by molar-refractivity contribution is 0.252. The van der Waals surface area contributed by atoms with Crippen LogP contribution in [0, 0.1) is 6.92 Å². The molecule has 0 bridgehead atoms. The number of furan rings is 1. The molecule has 0 radical (unpaired) electrons. The van der Waals surface area contributed by atoms with Crippen LogP contribution in [0.2, 0.25) is 0 Å². The summed E-state index contributed by atoms with van der Waals surface area (Å²) < 4.78 is 5.52. The summed E-state index contributed by atoms with van der Waals surface area (Å²) in [5.74, 6) is 1.80. The second kappa shape index (κ2) is 5.28. The van der Waals surface area contributed by atoms with Crippen molar-refractivity contribution in [1.82, 2.24) is 5.32 Å². The molecule has 1 fully saturated rings. The molecule has 2 amide bonds. The minimum atomic E-state index is -0.0381. The fourth-order valence-corrected chi connectivity index (χ4v) is 2.27. The number of nitrogens with zero attached hydrogens (tertiary/aromatic N) is 1. The zero-order chi connectivity index (χ0) is 13.9. The van der Waals surface area contributed by atoms with Crippen LogP contribution >= 0.6 is 0 Å². The number of amides is 2. The fourth-order valence-electron chi connectivity index (χ4n) is 2.27. The Morgan fingerprint density at radius 3 is 2.95 bits per heavy atom. The molecule has 0 atom stereocenters. The van der Waals surface area contributed by atoms with E-state index >= 15 is 0 Å². The maximum absolute atomic E-state index is 11.6. The first-order valence-electron chi connectivity index (χ1n) is 6.67. The molecule has 2 heterocycles. The predicted molar refractivity (Wildman–Crippen MR) is 78.0 cm³/mol. The third kappa shape index (κ3) is 2.61. The maximum atomic E-state index is 11.6. The third-order valence-corrected chi connectivity index (χ3v) is 3.28. The number of carbonyl (C=O) groups excluding carboxylic acids is 1. The van der Waals surface area contributed by atoms with Crippen LogP contribution in [0.4, 0.5) is 16.2 Å². The first-order valence-corrected chi connectivity index (χ1v) is 6.67. The topological polar surface area (TPSA) is 57.5 Å². The maximum Gasteiger partial charge on any atom is 0.321 e. The van der Waals surface area contributed by atoms with Gasteiger partial charge in [-0.1, -0.05) is 6.07 Å². The van der Waals surface area contributed by atoms with Crippen LogP contribution in [0.25, 0.3) is 0 Å². The molecule has 1 aromatic carbocycles. The lowest BCUT2D eigenvalue weighted by atomic mass is 10.2. The van der Waals surface area contributed by atoms with E-state index in [1.165, 1.54) is 0 Å². The number of anilines is 2. The lowest BCUT2D eigenvalue weighted by Crippen LogP contribution is -2.27. The number of hydrogen-bond donors (Lipinski definition) is 2. The van der Waals surface area contributed by atoms with E-state index < -0.39 is 0 Å². The highest BCUT2D eigenvalue weighted by atomic mass is 16.3. The molecule has 1 aromatic heterocycles. The van der Waals surface area contributed by atoms with Crippen molar-refractivity contribution in [3.05, 3.63) is 47.9 Å². The monoisotopic (exact) mass is 271 g/mol. The smallest absolute Gasteiger partial charge is 0.321 e. The minimum Gasteiger partial charge on any atom is -0.465 e. The zero-order valence-corrected chi connectivity index (χ0v) is 11.3. The van der Waals surface area contributed by atoms with Crippen molar-refractivity contribution < 1.29 is 9.21 Å². The Morgan fingerprint density at radius 2 is 2.25 bits per heavy atom. The van der Waals surface area contributed by atoms with Crippen LogP contribution in [0.5, 0.6) is 0 Å². The zero-order valence-electron chi connectivity index (χ0n) is 11.3. The van der Waals surface area contributed by atoms with Gasteiger partial charge in [-0.3, -0.25) is 4.90 Å². The van der Waals surface area contributed by atoms with Crippen molar-refractivity contribution in [1.29, 1.82) is 0 Å². The average molecular weight is 271 g/mol. The van der Waals surface area contributed by atoms with Gasteiger partial charge >= 0.3 is 6.03 Å². The van der Waals surface area contributed by atoms with Crippen molar-refractivity contribution >= 4 is 17.4 Å². The van der Waals surface area contributed by atoms with E-state index in [0.29, 0.717) is 19.6 Å². The molecule has 0 spiro atoms. The molecule has 5 nitrogen and oxygen atoms in total. The molecule has 0 saturated carbocycles. The van der Waals surface area contributed by atoms with Gasteiger partial charge < -0.3 is 15.1 Å². The average Bonchev–Trinajstić information content (AvgIpc) is 3.05. The van der Waals surface area contributed by atoms with E-state index in [2.05, 4.69) is 10.6 Å². The number of hydrogen-bond acceptors (Lipinski definition) is 3. The Hall–Kier alpha value is -2.43. The van der Waals surface area contributed by atoms with Crippen LogP contribution in [-0.2, 0) is 6.54 Å². The molecule has 2 aromatic rings. The molecular formula is C15H17N3O2. The molecule has 104 valence electrons. The van der Waals surface area contributed by atoms with Crippen molar-refractivity contribution in [2.24, 2.45) is 0 Å². The SMILES string of the molecule is Cc1ccc(CNc2cccc(N3CCNC3=O)c2)o1. The largest absolute Gasteiger partial charge is 0.465 e. The van der Waals surface area contributed by atoms with Gasteiger partial charge in [0.05, 0.1) is 6.54 Å². The molecule has 1 aliphatic heterocycles. The molecule has 0 unspecified atom stereocenters. The summed E-state index contributed by atoms with van der Waals surface area (Å²) in [7, 11) is 0. The number of urea groups is 1. The van der Waals surface area contributed by atoms with Gasteiger partial charge in [-0.2, -0.15) is 0 Å². The van der Waals surface area contributed by atoms with Crippen LogP contribution < -0.4 is 15.5 Å². The van der Waals surface area contributed by atoms with Gasteiger partial charge in [-0.15, -0.1) is 0 Å². The number of carbonyl (C=O) groups is 1. The Labute approximate surface area is 117 Å². The standard InChI is InChI=1S/C15H17N3O2/c1-11-5-6-14(20-11)10-17-12-3-2-4-13(9-12)18-8-7-16-15(18)19/h2-6,9,17H,7-8,10H2,1H3,(H,16,19). The van der Waals surface area contributed by atoms with Gasteiger partial charge in [0.2, 0.25) is 0 Å². The summed E-state index contributed by atoms with van der Waals surface area (Å²) in [5, 5.41) is 6.10. The normalized spacial score (nSPS) is 14.4. The number of benzene rings is 1. The molecule has 0 aliphatic carbocycles. The second-order valence-corrected chi connectivity index (χ2v) is 4.80. The number of aryl methyl sites for hydroxylation is 1. The Morgan fingerprint density at radius 1 is 1.35 bits per heavy atom. The Balaban J connectivity index is 1.69.